The molecule has 142 valence electrons. The van der Waals surface area contributed by atoms with Crippen LogP contribution in [0.2, 0.25) is 0 Å². The smallest absolute Gasteiger partial charge is 0.368 e. The molecular weight excluding hydrogens is 392 g/mol. The molecule has 0 fully saturated rings. The van der Waals surface area contributed by atoms with Gasteiger partial charge in [-0.25, -0.2) is 9.18 Å². The van der Waals surface area contributed by atoms with Gasteiger partial charge in [-0.2, -0.15) is 4.39 Å². The van der Waals surface area contributed by atoms with Gasteiger partial charge in [-0.1, -0.05) is 0 Å². The van der Waals surface area contributed by atoms with Gasteiger partial charge in [-0.15, -0.1) is 23.5 Å². The van der Waals surface area contributed by atoms with Gasteiger partial charge < -0.3 is 14.7 Å². The quantitative estimate of drug-likeness (QED) is 0.402. The molecular formula is C19H17F2NO3S2. The van der Waals surface area contributed by atoms with Crippen molar-refractivity contribution >= 4 is 40.9 Å². The van der Waals surface area contributed by atoms with E-state index in [9.17, 15) is 13.6 Å². The van der Waals surface area contributed by atoms with Gasteiger partial charge in [-0.3, -0.25) is 0 Å². The number of carboxylic acids is 1. The number of rotatable bonds is 5. The topological polar surface area (TPSA) is 49.8 Å². The number of nitrogens with zero attached hydrogens (tertiary/aromatic N) is 1. The third-order valence-corrected chi connectivity index (χ3v) is 5.84. The molecule has 0 amide bonds. The van der Waals surface area contributed by atoms with Crippen molar-refractivity contribution in [3.8, 4) is 5.75 Å². The van der Waals surface area contributed by atoms with Gasteiger partial charge in [0.1, 0.15) is 17.8 Å². The molecule has 0 spiro atoms. The van der Waals surface area contributed by atoms with Crippen LogP contribution in [0.25, 0.3) is 0 Å². The van der Waals surface area contributed by atoms with Crippen LogP contribution in [0.1, 0.15) is 6.42 Å². The van der Waals surface area contributed by atoms with E-state index in [0.29, 0.717) is 12.0 Å². The number of thioether (sulfide) groups is 2. The zero-order chi connectivity index (χ0) is 19.4. The molecule has 2 aromatic rings. The van der Waals surface area contributed by atoms with Gasteiger partial charge in [0.15, 0.2) is 0 Å². The van der Waals surface area contributed by atoms with E-state index in [-0.39, 0.29) is 5.82 Å². The number of hydrogen-bond donors (Lipinski definition) is 1. The Labute approximate surface area is 164 Å². The Morgan fingerprint density at radius 2 is 2.07 bits per heavy atom. The number of halogens is 2. The molecule has 0 saturated carbocycles. The second-order valence-corrected chi connectivity index (χ2v) is 7.67. The van der Waals surface area contributed by atoms with Crippen molar-refractivity contribution in [1.29, 1.82) is 0 Å². The van der Waals surface area contributed by atoms with Crippen LogP contribution in [-0.2, 0) is 4.79 Å². The molecule has 0 aromatic heterocycles. The van der Waals surface area contributed by atoms with Crippen LogP contribution in [0.5, 0.6) is 5.75 Å². The summed E-state index contributed by atoms with van der Waals surface area (Å²) < 4.78 is 31.8. The van der Waals surface area contributed by atoms with E-state index in [1.54, 1.807) is 30.0 Å². The molecule has 0 radical (unpaired) electrons. The average Bonchev–Trinajstić information content (AvgIpc) is 2.87. The summed E-state index contributed by atoms with van der Waals surface area (Å²) in [6.07, 6.45) is 3.40. The summed E-state index contributed by atoms with van der Waals surface area (Å²) >= 11 is 3.06. The summed E-state index contributed by atoms with van der Waals surface area (Å²) in [6, 6.07) is 10.1. The van der Waals surface area contributed by atoms with Gasteiger partial charge in [0.05, 0.1) is 10.6 Å². The Morgan fingerprint density at radius 1 is 1.33 bits per heavy atom. The Hall–Kier alpha value is -2.19. The summed E-state index contributed by atoms with van der Waals surface area (Å²) in [6.45, 7) is 0.785. The van der Waals surface area contributed by atoms with Crippen LogP contribution in [0.15, 0.2) is 58.3 Å². The molecule has 1 heterocycles. The van der Waals surface area contributed by atoms with Gasteiger partial charge in [0.25, 0.3) is 0 Å². The van der Waals surface area contributed by atoms with E-state index in [1.807, 2.05) is 12.3 Å². The van der Waals surface area contributed by atoms with E-state index >= 15 is 0 Å². The number of anilines is 2. The van der Waals surface area contributed by atoms with Crippen LogP contribution in [0.3, 0.4) is 0 Å². The third-order valence-electron chi connectivity index (χ3n) is 3.95. The predicted molar refractivity (Wildman–Crippen MR) is 104 cm³/mol. The molecule has 4 nitrogen and oxygen atoms in total. The summed E-state index contributed by atoms with van der Waals surface area (Å²) in [5.41, 5.74) is 1.85. The number of hydrogen-bond acceptors (Lipinski definition) is 5. The first-order valence-corrected chi connectivity index (χ1v) is 10.3. The van der Waals surface area contributed by atoms with Crippen molar-refractivity contribution in [3.05, 3.63) is 54.3 Å². The average molecular weight is 409 g/mol. The molecule has 1 N–H and O–H groups in total. The normalized spacial score (nSPS) is 14.5. The zero-order valence-electron chi connectivity index (χ0n) is 14.4. The van der Waals surface area contributed by atoms with Crippen molar-refractivity contribution in [2.24, 2.45) is 0 Å². The lowest BCUT2D eigenvalue weighted by Crippen LogP contribution is -2.18. The van der Waals surface area contributed by atoms with Crippen molar-refractivity contribution in [2.45, 2.75) is 16.2 Å². The first-order valence-electron chi connectivity index (χ1n) is 8.13. The standard InChI is InChI=1S/C19H17F2NO3S2/c1-26-18-9-15-17(10-16(18)25-11-14(21)19(23)24)27-8-2-7-22(15)13-5-3-12(20)4-6-13/h3-6,9-11H,2,7-8H2,1H3,(H,23,24)/b14-11-. The fourth-order valence-electron chi connectivity index (χ4n) is 2.69. The first-order chi connectivity index (χ1) is 13.0. The highest BCUT2D eigenvalue weighted by atomic mass is 32.2. The molecule has 0 bridgehead atoms. The minimum absolute atomic E-state index is 0.288. The van der Waals surface area contributed by atoms with Crippen molar-refractivity contribution in [3.63, 3.8) is 0 Å². The highest BCUT2D eigenvalue weighted by Gasteiger charge is 2.21. The number of fused-ring (bicyclic) bond motifs is 1. The predicted octanol–water partition coefficient (Wildman–Crippen LogP) is 5.46. The van der Waals surface area contributed by atoms with E-state index < -0.39 is 11.8 Å². The van der Waals surface area contributed by atoms with Crippen molar-refractivity contribution in [2.75, 3.05) is 23.5 Å². The lowest BCUT2D eigenvalue weighted by molar-refractivity contribution is -0.134. The summed E-state index contributed by atoms with van der Waals surface area (Å²) in [7, 11) is 0. The largest absolute Gasteiger partial charge is 0.476 e. The molecule has 0 saturated heterocycles. The van der Waals surface area contributed by atoms with Crippen LogP contribution in [0, 0.1) is 5.82 Å². The number of carbonyl (C=O) groups is 1. The maximum Gasteiger partial charge on any atom is 0.368 e. The highest BCUT2D eigenvalue weighted by molar-refractivity contribution is 7.99. The number of aliphatic carboxylic acids is 1. The maximum atomic E-state index is 13.3. The van der Waals surface area contributed by atoms with Crippen LogP contribution >= 0.6 is 23.5 Å². The first kappa shape index (κ1) is 19.6. The molecule has 2 aromatic carbocycles. The summed E-state index contributed by atoms with van der Waals surface area (Å²) in [5, 5.41) is 8.63. The Morgan fingerprint density at radius 3 is 2.74 bits per heavy atom. The SMILES string of the molecule is CSc1cc2c(cc1O/C=C(\F)C(=O)O)SCCCN2c1ccc(F)cc1. The summed E-state index contributed by atoms with van der Waals surface area (Å²) in [4.78, 5) is 14.4. The monoisotopic (exact) mass is 409 g/mol. The zero-order valence-corrected chi connectivity index (χ0v) is 16.1. The molecule has 0 atom stereocenters. The van der Waals surface area contributed by atoms with Crippen molar-refractivity contribution in [1.82, 2.24) is 0 Å². The molecule has 1 aliphatic rings. The second-order valence-electron chi connectivity index (χ2n) is 5.69. The number of carboxylic acid groups (broad SMARTS) is 1. The van der Waals surface area contributed by atoms with E-state index in [4.69, 9.17) is 9.84 Å². The van der Waals surface area contributed by atoms with Gasteiger partial charge in [-0.05, 0) is 54.8 Å². The molecule has 0 aliphatic carbocycles. The minimum Gasteiger partial charge on any atom is -0.476 e. The van der Waals surface area contributed by atoms with E-state index in [0.717, 1.165) is 39.9 Å². The molecule has 27 heavy (non-hydrogen) atoms. The maximum absolute atomic E-state index is 13.3. The van der Waals surface area contributed by atoms with Crippen LogP contribution in [-0.4, -0.2) is 29.6 Å². The Balaban J connectivity index is 2.01. The molecule has 0 unspecified atom stereocenters. The van der Waals surface area contributed by atoms with Crippen LogP contribution in [0.4, 0.5) is 20.2 Å². The van der Waals surface area contributed by atoms with Crippen LogP contribution < -0.4 is 9.64 Å². The third kappa shape index (κ3) is 4.56. The van der Waals surface area contributed by atoms with Gasteiger partial charge in [0, 0.05) is 17.1 Å². The number of benzene rings is 2. The Bertz CT molecular complexity index is 872. The second kappa shape index (κ2) is 8.67. The van der Waals surface area contributed by atoms with E-state index in [1.165, 1.54) is 23.9 Å². The number of ether oxygens (including phenoxy) is 1. The Kier molecular flexibility index (Phi) is 6.28. The lowest BCUT2D eigenvalue weighted by atomic mass is 10.2. The van der Waals surface area contributed by atoms with Crippen molar-refractivity contribution < 1.29 is 23.4 Å². The summed E-state index contributed by atoms with van der Waals surface area (Å²) in [5.74, 6) is -2.04. The highest BCUT2D eigenvalue weighted by Crippen LogP contribution is 2.44. The lowest BCUT2D eigenvalue weighted by Gasteiger charge is -2.26. The minimum atomic E-state index is -1.67. The van der Waals surface area contributed by atoms with E-state index in [2.05, 4.69) is 4.90 Å². The molecule has 3 rings (SSSR count). The fourth-order valence-corrected chi connectivity index (χ4v) is 4.23. The van der Waals surface area contributed by atoms with Gasteiger partial charge in [0.2, 0.25) is 5.83 Å². The van der Waals surface area contributed by atoms with Gasteiger partial charge >= 0.3 is 5.97 Å². The molecule has 1 aliphatic heterocycles. The molecule has 8 heteroatoms. The fraction of sp³-hybridized carbons (Fsp3) is 0.211.